The van der Waals surface area contributed by atoms with E-state index in [1.807, 2.05) is 0 Å². The summed E-state index contributed by atoms with van der Waals surface area (Å²) in [7, 11) is 0. The maximum atomic E-state index is 0. The molecule has 0 aromatic heterocycles. The van der Waals surface area contributed by atoms with Gasteiger partial charge in [0.2, 0.25) is 0 Å². The molecule has 0 fully saturated rings. The second-order valence-corrected chi connectivity index (χ2v) is 0. The van der Waals surface area contributed by atoms with Crippen molar-refractivity contribution < 1.29 is 80.6 Å². The fourth-order valence-corrected chi connectivity index (χ4v) is 0. The van der Waals surface area contributed by atoms with Crippen LogP contribution in [0.5, 0.6) is 0 Å². The summed E-state index contributed by atoms with van der Waals surface area (Å²) in [5.74, 6) is 0. The Morgan fingerprint density at radius 3 is 1.00 bits per heavy atom. The van der Waals surface area contributed by atoms with Crippen LogP contribution < -0.4 is 0 Å². The van der Waals surface area contributed by atoms with Crippen molar-refractivity contribution in [1.29, 1.82) is 0 Å². The monoisotopic (exact) mass is 432 g/mol. The molecular formula is CH4AlCoMoTiW. The molecule has 0 bridgehead atoms. The van der Waals surface area contributed by atoms with E-state index in [4.69, 9.17) is 0 Å². The van der Waals surface area contributed by atoms with E-state index in [9.17, 15) is 0 Å². The minimum Gasteiger partial charge on any atom is -0.0776 e. The summed E-state index contributed by atoms with van der Waals surface area (Å²) in [6.07, 6.45) is 0. The molecule has 0 nitrogen and oxygen atoms in total. The molecule has 0 N–H and O–H groups in total. The Hall–Kier alpha value is 3.13. The summed E-state index contributed by atoms with van der Waals surface area (Å²) < 4.78 is 0. The van der Waals surface area contributed by atoms with Crippen molar-refractivity contribution in [3.8, 4) is 0 Å². The fraction of sp³-hybridized carbons (Fsp3) is 1.00. The van der Waals surface area contributed by atoms with E-state index >= 15 is 0 Å². The van der Waals surface area contributed by atoms with E-state index in [2.05, 4.69) is 0 Å². The summed E-state index contributed by atoms with van der Waals surface area (Å²) in [6.45, 7) is 0. The SMILES string of the molecule is C.[Al].[Co].[Mo].[Ti].[W]. The van der Waals surface area contributed by atoms with Crippen LogP contribution in [0.3, 0.4) is 0 Å². The minimum absolute atomic E-state index is 0. The van der Waals surface area contributed by atoms with Crippen molar-refractivity contribution >= 4 is 17.4 Å². The first-order valence-corrected chi connectivity index (χ1v) is 0. The standard InChI is InChI=1S/CH4.Al.Co.Mo.Ti.W/h1H4;;;;;. The normalized spacial score (nSPS) is 0. The van der Waals surface area contributed by atoms with Gasteiger partial charge in [0, 0.05) is 98.0 Å². The van der Waals surface area contributed by atoms with Gasteiger partial charge in [0.1, 0.15) is 0 Å². The second-order valence-electron chi connectivity index (χ2n) is 0. The van der Waals surface area contributed by atoms with Gasteiger partial charge < -0.3 is 0 Å². The van der Waals surface area contributed by atoms with Crippen LogP contribution in [-0.4, -0.2) is 17.4 Å². The Kier molecular flexibility index (Phi) is 433. The minimum atomic E-state index is 0. The molecule has 0 aliphatic heterocycles. The van der Waals surface area contributed by atoms with Gasteiger partial charge in [0.25, 0.3) is 0 Å². The smallest absolute Gasteiger partial charge is 0 e. The molecule has 0 aromatic carbocycles. The molecular weight excluding hydrogens is 426 g/mol. The maximum absolute atomic E-state index is 0. The summed E-state index contributed by atoms with van der Waals surface area (Å²) in [6, 6.07) is 0. The topological polar surface area (TPSA) is 0 Å². The van der Waals surface area contributed by atoms with Gasteiger partial charge in [0.15, 0.2) is 0 Å². The Bertz CT molecular complexity index is 15.5. The Balaban J connectivity index is 0. The number of hydrogen-bond donors (Lipinski definition) is 0. The average molecular weight is 430 g/mol. The van der Waals surface area contributed by atoms with Crippen LogP contribution in [0, 0.1) is 0 Å². The summed E-state index contributed by atoms with van der Waals surface area (Å²) in [4.78, 5) is 0. The van der Waals surface area contributed by atoms with Crippen LogP contribution in [0.15, 0.2) is 0 Å². The zero-order chi connectivity index (χ0) is 0. The molecule has 0 spiro atoms. The predicted molar refractivity (Wildman–Crippen MR) is 12.5 cm³/mol. The first-order chi connectivity index (χ1) is 0. The molecule has 0 aromatic rings. The van der Waals surface area contributed by atoms with E-state index in [1.165, 1.54) is 0 Å². The van der Waals surface area contributed by atoms with Crippen molar-refractivity contribution in [2.45, 2.75) is 7.43 Å². The largest absolute Gasteiger partial charge is 0.0776 e. The van der Waals surface area contributed by atoms with Crippen LogP contribution >= 0.6 is 0 Å². The van der Waals surface area contributed by atoms with Crippen molar-refractivity contribution in [2.75, 3.05) is 0 Å². The molecule has 0 saturated carbocycles. The molecule has 36 valence electrons. The van der Waals surface area contributed by atoms with E-state index in [0.29, 0.717) is 0 Å². The number of rotatable bonds is 0. The second kappa shape index (κ2) is 42.2. The molecule has 4 radical (unpaired) electrons. The average Bonchev–Trinajstić information content (AvgIpc) is 0. The van der Waals surface area contributed by atoms with Gasteiger partial charge in [-0.15, -0.1) is 0 Å². The van der Waals surface area contributed by atoms with Crippen molar-refractivity contribution in [1.82, 2.24) is 0 Å². The first kappa shape index (κ1) is 61.6. The molecule has 6 heavy (non-hydrogen) atoms. The van der Waals surface area contributed by atoms with Gasteiger partial charge >= 0.3 is 0 Å². The van der Waals surface area contributed by atoms with E-state index in [0.717, 1.165) is 0 Å². The van der Waals surface area contributed by atoms with Crippen LogP contribution in [-0.2, 0) is 80.6 Å². The molecule has 0 unspecified atom stereocenters. The zero-order valence-electron chi connectivity index (χ0n) is 2.23. The Morgan fingerprint density at radius 2 is 1.00 bits per heavy atom. The van der Waals surface area contributed by atoms with Crippen LogP contribution in [0.25, 0.3) is 0 Å². The van der Waals surface area contributed by atoms with Gasteiger partial charge in [-0.05, 0) is 0 Å². The zero-order valence-corrected chi connectivity index (χ0v) is 10.9. The van der Waals surface area contributed by atoms with Crippen LogP contribution in [0.4, 0.5) is 0 Å². The van der Waals surface area contributed by atoms with Gasteiger partial charge in [-0.1, -0.05) is 7.43 Å². The number of hydrogen-bond acceptors (Lipinski definition) is 0. The Morgan fingerprint density at radius 1 is 1.00 bits per heavy atom. The third-order valence-corrected chi connectivity index (χ3v) is 0. The van der Waals surface area contributed by atoms with Gasteiger partial charge in [-0.2, -0.15) is 0 Å². The van der Waals surface area contributed by atoms with Gasteiger partial charge in [0.05, 0.1) is 0 Å². The quantitative estimate of drug-likeness (QED) is 0.484. The fourth-order valence-electron chi connectivity index (χ4n) is 0. The molecule has 0 aliphatic carbocycles. The van der Waals surface area contributed by atoms with Crippen molar-refractivity contribution in [3.63, 3.8) is 0 Å². The summed E-state index contributed by atoms with van der Waals surface area (Å²) in [5.41, 5.74) is 0. The van der Waals surface area contributed by atoms with Gasteiger partial charge in [-0.25, -0.2) is 0 Å². The molecule has 0 saturated heterocycles. The maximum Gasteiger partial charge on any atom is 0 e. The molecule has 0 amide bonds. The van der Waals surface area contributed by atoms with E-state index in [-0.39, 0.29) is 105 Å². The van der Waals surface area contributed by atoms with Crippen molar-refractivity contribution in [2.24, 2.45) is 0 Å². The first-order valence-electron chi connectivity index (χ1n) is 0. The molecule has 0 aliphatic rings. The Labute approximate surface area is 104 Å². The summed E-state index contributed by atoms with van der Waals surface area (Å²) in [5, 5.41) is 0. The summed E-state index contributed by atoms with van der Waals surface area (Å²) >= 11 is 0. The van der Waals surface area contributed by atoms with E-state index < -0.39 is 0 Å². The van der Waals surface area contributed by atoms with Crippen LogP contribution in [0.1, 0.15) is 7.43 Å². The van der Waals surface area contributed by atoms with Crippen LogP contribution in [0.2, 0.25) is 0 Å². The molecule has 0 heterocycles. The third kappa shape index (κ3) is 27.3. The molecule has 5 heteroatoms. The van der Waals surface area contributed by atoms with E-state index in [1.54, 1.807) is 0 Å². The van der Waals surface area contributed by atoms with Crippen molar-refractivity contribution in [3.05, 3.63) is 0 Å². The molecule has 0 atom stereocenters. The molecule has 0 rings (SSSR count). The predicted octanol–water partition coefficient (Wildman–Crippen LogP) is 0.245. The van der Waals surface area contributed by atoms with Gasteiger partial charge in [-0.3, -0.25) is 0 Å². The third-order valence-electron chi connectivity index (χ3n) is 0.